The van der Waals surface area contributed by atoms with Gasteiger partial charge in [0.25, 0.3) is 0 Å². The highest BCUT2D eigenvalue weighted by molar-refractivity contribution is 7.19. The zero-order valence-corrected chi connectivity index (χ0v) is 10.2. The normalized spacial score (nSPS) is 9.71. The van der Waals surface area contributed by atoms with E-state index in [0.717, 1.165) is 6.42 Å². The molecule has 0 amide bonds. The van der Waals surface area contributed by atoms with E-state index in [2.05, 4.69) is 38.1 Å². The predicted molar refractivity (Wildman–Crippen MR) is 67.3 cm³/mol. The van der Waals surface area contributed by atoms with E-state index in [4.69, 9.17) is 0 Å². The number of aryl methyl sites for hydroxylation is 2. The molecule has 0 aliphatic rings. The highest BCUT2D eigenvalue weighted by Gasteiger charge is 1.97. The third-order valence-corrected chi connectivity index (χ3v) is 3.14. The minimum Gasteiger partial charge on any atom is -0.141 e. The zero-order chi connectivity index (χ0) is 10.6. The topological polar surface area (TPSA) is 0 Å². The summed E-state index contributed by atoms with van der Waals surface area (Å²) in [6.07, 6.45) is 1.13. The van der Waals surface area contributed by atoms with Crippen molar-refractivity contribution in [1.82, 2.24) is 0 Å². The maximum Gasteiger partial charge on any atom is 0.0345 e. The SMILES string of the molecule is CC.CCc1ccc2sc(C)cc2c1. The van der Waals surface area contributed by atoms with Gasteiger partial charge in [0.15, 0.2) is 0 Å². The van der Waals surface area contributed by atoms with Crippen molar-refractivity contribution < 1.29 is 0 Å². The summed E-state index contributed by atoms with van der Waals surface area (Å²) in [6, 6.07) is 9.00. The van der Waals surface area contributed by atoms with Crippen molar-refractivity contribution in [3.8, 4) is 0 Å². The van der Waals surface area contributed by atoms with Crippen LogP contribution >= 0.6 is 11.3 Å². The summed E-state index contributed by atoms with van der Waals surface area (Å²) >= 11 is 1.87. The average molecular weight is 206 g/mol. The number of hydrogen-bond acceptors (Lipinski definition) is 1. The molecule has 0 fully saturated rings. The fourth-order valence-electron chi connectivity index (χ4n) is 1.45. The summed E-state index contributed by atoms with van der Waals surface area (Å²) in [5.74, 6) is 0. The molecule has 0 radical (unpaired) electrons. The molecular formula is C13H18S. The van der Waals surface area contributed by atoms with Gasteiger partial charge in [-0.25, -0.2) is 0 Å². The first-order chi connectivity index (χ1) is 6.79. The van der Waals surface area contributed by atoms with Gasteiger partial charge < -0.3 is 0 Å². The van der Waals surface area contributed by atoms with Gasteiger partial charge in [-0.15, -0.1) is 11.3 Å². The summed E-state index contributed by atoms with van der Waals surface area (Å²) in [5.41, 5.74) is 1.43. The summed E-state index contributed by atoms with van der Waals surface area (Å²) in [7, 11) is 0. The molecule has 0 aliphatic heterocycles. The van der Waals surface area contributed by atoms with Crippen LogP contribution in [0.3, 0.4) is 0 Å². The Morgan fingerprint density at radius 2 is 1.86 bits per heavy atom. The standard InChI is InChI=1S/C11H12S.C2H6/c1-3-9-4-5-11-10(7-9)6-8(2)12-11;1-2/h4-7H,3H2,1-2H3;1-2H3. The largest absolute Gasteiger partial charge is 0.141 e. The summed E-state index contributed by atoms with van der Waals surface area (Å²) < 4.78 is 1.41. The Labute approximate surface area is 90.6 Å². The molecule has 0 N–H and O–H groups in total. The number of fused-ring (bicyclic) bond motifs is 1. The zero-order valence-electron chi connectivity index (χ0n) is 9.42. The van der Waals surface area contributed by atoms with E-state index in [1.165, 1.54) is 20.5 Å². The van der Waals surface area contributed by atoms with Crippen LogP contribution in [0.25, 0.3) is 10.1 Å². The van der Waals surface area contributed by atoms with Gasteiger partial charge >= 0.3 is 0 Å². The maximum atomic E-state index is 2.29. The van der Waals surface area contributed by atoms with Gasteiger partial charge in [0, 0.05) is 9.58 Å². The molecular weight excluding hydrogens is 188 g/mol. The van der Waals surface area contributed by atoms with E-state index in [1.807, 2.05) is 25.2 Å². The van der Waals surface area contributed by atoms with Crippen molar-refractivity contribution in [2.24, 2.45) is 0 Å². The predicted octanol–water partition coefficient (Wildman–Crippen LogP) is 4.80. The third-order valence-electron chi connectivity index (χ3n) is 2.11. The lowest BCUT2D eigenvalue weighted by atomic mass is 10.1. The van der Waals surface area contributed by atoms with Gasteiger partial charge in [-0.1, -0.05) is 32.9 Å². The maximum absolute atomic E-state index is 2.29. The van der Waals surface area contributed by atoms with Crippen molar-refractivity contribution in [3.05, 3.63) is 34.7 Å². The summed E-state index contributed by atoms with van der Waals surface area (Å²) in [6.45, 7) is 8.36. The average Bonchev–Trinajstić information content (AvgIpc) is 2.59. The molecule has 0 saturated heterocycles. The van der Waals surface area contributed by atoms with Crippen molar-refractivity contribution in [1.29, 1.82) is 0 Å². The van der Waals surface area contributed by atoms with Crippen molar-refractivity contribution in [2.45, 2.75) is 34.1 Å². The first kappa shape index (κ1) is 11.3. The van der Waals surface area contributed by atoms with E-state index in [1.54, 1.807) is 0 Å². The van der Waals surface area contributed by atoms with Crippen LogP contribution in [-0.4, -0.2) is 0 Å². The Morgan fingerprint density at radius 1 is 1.14 bits per heavy atom. The van der Waals surface area contributed by atoms with E-state index in [9.17, 15) is 0 Å². The monoisotopic (exact) mass is 206 g/mol. The molecule has 0 saturated carbocycles. The Morgan fingerprint density at radius 3 is 2.50 bits per heavy atom. The van der Waals surface area contributed by atoms with Crippen LogP contribution in [0.5, 0.6) is 0 Å². The van der Waals surface area contributed by atoms with Gasteiger partial charge in [0.2, 0.25) is 0 Å². The molecule has 2 rings (SSSR count). The Kier molecular flexibility index (Phi) is 4.15. The molecule has 0 spiro atoms. The van der Waals surface area contributed by atoms with Gasteiger partial charge in [-0.05, 0) is 36.4 Å². The summed E-state index contributed by atoms with van der Waals surface area (Å²) in [5, 5.41) is 1.40. The van der Waals surface area contributed by atoms with Gasteiger partial charge in [0.05, 0.1) is 0 Å². The molecule has 0 nitrogen and oxygen atoms in total. The van der Waals surface area contributed by atoms with Crippen molar-refractivity contribution >= 4 is 21.4 Å². The number of hydrogen-bond donors (Lipinski definition) is 0. The van der Waals surface area contributed by atoms with E-state index >= 15 is 0 Å². The van der Waals surface area contributed by atoms with Crippen LogP contribution < -0.4 is 0 Å². The third kappa shape index (κ3) is 2.36. The van der Waals surface area contributed by atoms with Crippen LogP contribution in [0.2, 0.25) is 0 Å². The lowest BCUT2D eigenvalue weighted by molar-refractivity contribution is 1.15. The van der Waals surface area contributed by atoms with Crippen LogP contribution in [0.1, 0.15) is 31.2 Å². The fraction of sp³-hybridized carbons (Fsp3) is 0.385. The van der Waals surface area contributed by atoms with E-state index in [0.29, 0.717) is 0 Å². The molecule has 1 aromatic heterocycles. The molecule has 76 valence electrons. The molecule has 14 heavy (non-hydrogen) atoms. The summed E-state index contributed by atoms with van der Waals surface area (Å²) in [4.78, 5) is 1.40. The van der Waals surface area contributed by atoms with Crippen LogP contribution in [0.4, 0.5) is 0 Å². The smallest absolute Gasteiger partial charge is 0.0345 e. The molecule has 2 aromatic rings. The van der Waals surface area contributed by atoms with Crippen molar-refractivity contribution in [3.63, 3.8) is 0 Å². The minimum absolute atomic E-state index is 1.13. The Hall–Kier alpha value is -0.820. The number of rotatable bonds is 1. The molecule has 0 bridgehead atoms. The number of benzene rings is 1. The second-order valence-electron chi connectivity index (χ2n) is 3.08. The molecule has 1 heteroatoms. The van der Waals surface area contributed by atoms with Crippen LogP contribution in [0.15, 0.2) is 24.3 Å². The lowest BCUT2D eigenvalue weighted by Crippen LogP contribution is -1.76. The second-order valence-corrected chi connectivity index (χ2v) is 4.37. The highest BCUT2D eigenvalue weighted by Crippen LogP contribution is 2.25. The van der Waals surface area contributed by atoms with Crippen molar-refractivity contribution in [2.75, 3.05) is 0 Å². The quantitative estimate of drug-likeness (QED) is 0.629. The van der Waals surface area contributed by atoms with Gasteiger partial charge in [0.1, 0.15) is 0 Å². The molecule has 0 aliphatic carbocycles. The minimum atomic E-state index is 1.13. The first-order valence-electron chi connectivity index (χ1n) is 5.28. The Balaban J connectivity index is 0.000000461. The van der Waals surface area contributed by atoms with Gasteiger partial charge in [-0.3, -0.25) is 0 Å². The van der Waals surface area contributed by atoms with E-state index < -0.39 is 0 Å². The molecule has 0 atom stereocenters. The Bertz CT molecular complexity index is 399. The molecule has 1 heterocycles. The molecule has 0 unspecified atom stereocenters. The molecule has 1 aromatic carbocycles. The van der Waals surface area contributed by atoms with Crippen LogP contribution in [0, 0.1) is 6.92 Å². The van der Waals surface area contributed by atoms with Crippen LogP contribution in [-0.2, 0) is 6.42 Å². The fourth-order valence-corrected chi connectivity index (χ4v) is 2.35. The highest BCUT2D eigenvalue weighted by atomic mass is 32.1. The second kappa shape index (κ2) is 5.16. The lowest BCUT2D eigenvalue weighted by Gasteiger charge is -1.94. The van der Waals surface area contributed by atoms with E-state index in [-0.39, 0.29) is 0 Å². The number of thiophene rings is 1. The van der Waals surface area contributed by atoms with Gasteiger partial charge in [-0.2, -0.15) is 0 Å². The first-order valence-corrected chi connectivity index (χ1v) is 6.10.